The molecule has 0 fully saturated rings. The Balaban J connectivity index is 1.96. The first-order valence-electron chi connectivity index (χ1n) is 8.84. The molecule has 0 bridgehead atoms. The van der Waals surface area contributed by atoms with E-state index in [9.17, 15) is 23.3 Å². The van der Waals surface area contributed by atoms with Crippen molar-refractivity contribution in [1.82, 2.24) is 0 Å². The summed E-state index contributed by atoms with van der Waals surface area (Å²) in [5, 5.41) is 26.4. The molecule has 0 amide bonds. The molecule has 0 saturated heterocycles. The normalized spacial score (nSPS) is 12.6. The Morgan fingerprint density at radius 1 is 1.06 bits per heavy atom. The predicted octanol–water partition coefficient (Wildman–Crippen LogP) is 6.55. The first kappa shape index (κ1) is 22.1. The summed E-state index contributed by atoms with van der Waals surface area (Å²) in [6.07, 6.45) is -3.80. The number of alkyl halides is 3. The van der Waals surface area contributed by atoms with Gasteiger partial charge in [-0.2, -0.15) is 13.2 Å². The van der Waals surface area contributed by atoms with Gasteiger partial charge in [0.25, 0.3) is 5.69 Å². The van der Waals surface area contributed by atoms with Gasteiger partial charge in [0.05, 0.1) is 17.2 Å². The Morgan fingerprint density at radius 2 is 1.77 bits per heavy atom. The van der Waals surface area contributed by atoms with Crippen molar-refractivity contribution in [3.05, 3.63) is 93.0 Å². The number of nitro groups is 1. The Labute approximate surface area is 179 Å². The lowest BCUT2D eigenvalue weighted by Gasteiger charge is -2.18. The molecule has 1 unspecified atom stereocenters. The molecule has 0 radical (unpaired) electrons. The number of nitrogens with one attached hydrogen (secondary N) is 1. The van der Waals surface area contributed by atoms with E-state index in [4.69, 9.17) is 16.8 Å². The number of nitro benzene ring substituents is 1. The predicted molar refractivity (Wildman–Crippen MR) is 112 cm³/mol. The van der Waals surface area contributed by atoms with Gasteiger partial charge in [0.2, 0.25) is 0 Å². The van der Waals surface area contributed by atoms with Crippen LogP contribution in [0.2, 0.25) is 5.02 Å². The monoisotopic (exact) mass is 449 g/mol. The fourth-order valence-electron chi connectivity index (χ4n) is 3.02. The first-order valence-corrected chi connectivity index (χ1v) is 9.22. The van der Waals surface area contributed by atoms with Crippen LogP contribution in [0.5, 0.6) is 0 Å². The second kappa shape index (κ2) is 9.05. The molecule has 6 nitrogen and oxygen atoms in total. The third-order valence-corrected chi connectivity index (χ3v) is 4.71. The van der Waals surface area contributed by atoms with Crippen LogP contribution >= 0.6 is 11.6 Å². The third-order valence-electron chi connectivity index (χ3n) is 4.46. The number of hydrogen-bond acceptors (Lipinski definition) is 5. The molecule has 0 spiro atoms. The van der Waals surface area contributed by atoms with Gasteiger partial charge < -0.3 is 10.5 Å². The fourth-order valence-corrected chi connectivity index (χ4v) is 3.14. The molecular formula is C21H15ClF3N3O3. The van der Waals surface area contributed by atoms with Crippen LogP contribution < -0.4 is 5.32 Å². The van der Waals surface area contributed by atoms with Crippen LogP contribution in [-0.2, 0) is 6.18 Å². The SMILES string of the molecule is O=[N+]([O-])c1ccc(NC(C=NO)c2cccc(-c3ccc(Cl)cc3)c2)cc1C(F)(F)F. The molecule has 0 aliphatic heterocycles. The highest BCUT2D eigenvalue weighted by molar-refractivity contribution is 6.30. The second-order valence-electron chi connectivity index (χ2n) is 6.51. The minimum atomic E-state index is -4.91. The van der Waals surface area contributed by atoms with Crippen molar-refractivity contribution >= 4 is 29.2 Å². The van der Waals surface area contributed by atoms with Crippen LogP contribution in [0, 0.1) is 10.1 Å². The van der Waals surface area contributed by atoms with Gasteiger partial charge in [-0.25, -0.2) is 0 Å². The highest BCUT2D eigenvalue weighted by Crippen LogP contribution is 2.38. The molecule has 3 aromatic rings. The van der Waals surface area contributed by atoms with Gasteiger partial charge in [-0.05, 0) is 47.0 Å². The van der Waals surface area contributed by atoms with Crippen molar-refractivity contribution in [2.45, 2.75) is 12.2 Å². The van der Waals surface area contributed by atoms with Gasteiger partial charge in [0.1, 0.15) is 5.56 Å². The quantitative estimate of drug-likeness (QED) is 0.193. The highest BCUT2D eigenvalue weighted by atomic mass is 35.5. The molecule has 2 N–H and O–H groups in total. The van der Waals surface area contributed by atoms with Gasteiger partial charge in [-0.1, -0.05) is 47.1 Å². The van der Waals surface area contributed by atoms with Crippen molar-refractivity contribution < 1.29 is 23.3 Å². The molecular weight excluding hydrogens is 435 g/mol. The van der Waals surface area contributed by atoms with E-state index < -0.39 is 28.4 Å². The molecule has 0 aliphatic rings. The highest BCUT2D eigenvalue weighted by Gasteiger charge is 2.38. The lowest BCUT2D eigenvalue weighted by Crippen LogP contribution is -2.14. The Bertz CT molecular complexity index is 1120. The van der Waals surface area contributed by atoms with Gasteiger partial charge in [0, 0.05) is 16.8 Å². The molecule has 0 saturated carbocycles. The van der Waals surface area contributed by atoms with Gasteiger partial charge in [-0.3, -0.25) is 10.1 Å². The van der Waals surface area contributed by atoms with E-state index in [1.54, 1.807) is 30.3 Å². The number of halogens is 4. The fraction of sp³-hybridized carbons (Fsp3) is 0.0952. The van der Waals surface area contributed by atoms with E-state index in [2.05, 4.69) is 10.5 Å². The van der Waals surface area contributed by atoms with Crippen molar-refractivity contribution in [2.75, 3.05) is 5.32 Å². The summed E-state index contributed by atoms with van der Waals surface area (Å²) in [6, 6.07) is 15.9. The summed E-state index contributed by atoms with van der Waals surface area (Å²) in [7, 11) is 0. The number of rotatable bonds is 6. The lowest BCUT2D eigenvalue weighted by molar-refractivity contribution is -0.388. The number of benzene rings is 3. The van der Waals surface area contributed by atoms with Crippen LogP contribution in [0.1, 0.15) is 17.2 Å². The molecule has 3 aromatic carbocycles. The average Bonchev–Trinajstić information content (AvgIpc) is 2.73. The summed E-state index contributed by atoms with van der Waals surface area (Å²) in [6.45, 7) is 0. The molecule has 0 aromatic heterocycles. The summed E-state index contributed by atoms with van der Waals surface area (Å²) in [4.78, 5) is 9.85. The van der Waals surface area contributed by atoms with Crippen LogP contribution in [0.25, 0.3) is 11.1 Å². The number of anilines is 1. The van der Waals surface area contributed by atoms with Crippen LogP contribution in [0.4, 0.5) is 24.5 Å². The summed E-state index contributed by atoms with van der Waals surface area (Å²) >= 11 is 5.91. The Morgan fingerprint density at radius 3 is 2.39 bits per heavy atom. The topological polar surface area (TPSA) is 87.8 Å². The molecule has 1 atom stereocenters. The minimum absolute atomic E-state index is 0.0280. The van der Waals surface area contributed by atoms with Crippen LogP contribution in [-0.4, -0.2) is 16.3 Å². The van der Waals surface area contributed by atoms with E-state index >= 15 is 0 Å². The van der Waals surface area contributed by atoms with Crippen molar-refractivity contribution in [3.8, 4) is 11.1 Å². The lowest BCUT2D eigenvalue weighted by atomic mass is 9.99. The minimum Gasteiger partial charge on any atom is -0.411 e. The average molecular weight is 450 g/mol. The van der Waals surface area contributed by atoms with Crippen molar-refractivity contribution in [3.63, 3.8) is 0 Å². The standard InChI is InChI=1S/C21H15ClF3N3O3/c22-16-6-4-13(5-7-16)14-2-1-3-15(10-14)19(12-26-29)27-17-8-9-20(28(30)31)18(11-17)21(23,24)25/h1-12,19,27,29H. The zero-order chi connectivity index (χ0) is 22.6. The van der Waals surface area contributed by atoms with E-state index in [1.165, 1.54) is 0 Å². The van der Waals surface area contributed by atoms with Gasteiger partial charge in [0.15, 0.2) is 0 Å². The maximum absolute atomic E-state index is 13.3. The van der Waals surface area contributed by atoms with E-state index in [1.807, 2.05) is 18.2 Å². The summed E-state index contributed by atoms with van der Waals surface area (Å²) in [5.74, 6) is 0. The molecule has 0 heterocycles. The largest absolute Gasteiger partial charge is 0.423 e. The summed E-state index contributed by atoms with van der Waals surface area (Å²) in [5.41, 5.74) is -0.184. The Kier molecular flexibility index (Phi) is 6.45. The van der Waals surface area contributed by atoms with Crippen molar-refractivity contribution in [2.24, 2.45) is 5.16 Å². The van der Waals surface area contributed by atoms with E-state index in [0.29, 0.717) is 16.7 Å². The maximum Gasteiger partial charge on any atom is 0.423 e. The molecule has 0 aliphatic carbocycles. The number of nitrogens with zero attached hydrogens (tertiary/aromatic N) is 2. The molecule has 31 heavy (non-hydrogen) atoms. The smallest absolute Gasteiger partial charge is 0.411 e. The number of oxime groups is 1. The van der Waals surface area contributed by atoms with Crippen LogP contribution in [0.3, 0.4) is 0 Å². The molecule has 3 rings (SSSR count). The zero-order valence-corrected chi connectivity index (χ0v) is 16.4. The maximum atomic E-state index is 13.3. The van der Waals surface area contributed by atoms with Gasteiger partial charge >= 0.3 is 6.18 Å². The zero-order valence-electron chi connectivity index (χ0n) is 15.7. The van der Waals surface area contributed by atoms with Crippen molar-refractivity contribution in [1.29, 1.82) is 0 Å². The first-order chi connectivity index (χ1) is 14.7. The van der Waals surface area contributed by atoms with Crippen LogP contribution in [0.15, 0.2) is 71.9 Å². The summed E-state index contributed by atoms with van der Waals surface area (Å²) < 4.78 is 39.8. The molecule has 160 valence electrons. The molecule has 10 heteroatoms. The van der Waals surface area contributed by atoms with E-state index in [-0.39, 0.29) is 5.69 Å². The number of hydrogen-bond donors (Lipinski definition) is 2. The third kappa shape index (κ3) is 5.32. The second-order valence-corrected chi connectivity index (χ2v) is 6.94. The van der Waals surface area contributed by atoms with E-state index in [0.717, 1.165) is 29.5 Å². The van der Waals surface area contributed by atoms with Gasteiger partial charge in [-0.15, -0.1) is 0 Å². The Hall–Kier alpha value is -3.59.